The Labute approximate surface area is 89.0 Å². The molecule has 0 bridgehead atoms. The number of nitrogens with zero attached hydrogens (tertiary/aromatic N) is 1. The first-order valence-electron chi connectivity index (χ1n) is 5.26. The molecule has 0 saturated heterocycles. The summed E-state index contributed by atoms with van der Waals surface area (Å²) in [6, 6.07) is 0. The third kappa shape index (κ3) is 1.98. The lowest BCUT2D eigenvalue weighted by molar-refractivity contribution is 0.0430. The quantitative estimate of drug-likeness (QED) is 0.833. The second kappa shape index (κ2) is 3.99. The topological polar surface area (TPSA) is 33.1 Å². The number of aliphatic hydroxyl groups is 1. The molecule has 2 rings (SSSR count). The van der Waals surface area contributed by atoms with Gasteiger partial charge < -0.3 is 5.11 Å². The highest BCUT2D eigenvalue weighted by Gasteiger charge is 2.35. The highest BCUT2D eigenvalue weighted by Crippen LogP contribution is 2.41. The van der Waals surface area contributed by atoms with Gasteiger partial charge in [0.05, 0.1) is 11.6 Å². The van der Waals surface area contributed by atoms with Gasteiger partial charge >= 0.3 is 0 Å². The number of aromatic nitrogens is 1. The van der Waals surface area contributed by atoms with E-state index >= 15 is 0 Å². The summed E-state index contributed by atoms with van der Waals surface area (Å²) in [6.45, 7) is 2.21. The molecular weight excluding hydrogens is 194 g/mol. The molecule has 1 unspecified atom stereocenters. The van der Waals surface area contributed by atoms with Crippen molar-refractivity contribution in [3.05, 3.63) is 16.6 Å². The molecule has 1 heterocycles. The van der Waals surface area contributed by atoms with Gasteiger partial charge in [-0.25, -0.2) is 0 Å². The van der Waals surface area contributed by atoms with Crippen LogP contribution >= 0.6 is 11.3 Å². The van der Waals surface area contributed by atoms with Crippen molar-refractivity contribution >= 4 is 11.3 Å². The third-order valence-electron chi connectivity index (χ3n) is 3.43. The van der Waals surface area contributed by atoms with Gasteiger partial charge in [0.25, 0.3) is 0 Å². The molecule has 1 fully saturated rings. The van der Waals surface area contributed by atoms with Crippen LogP contribution in [0.1, 0.15) is 37.5 Å². The molecule has 0 aliphatic heterocycles. The highest BCUT2D eigenvalue weighted by molar-refractivity contribution is 7.09. The summed E-state index contributed by atoms with van der Waals surface area (Å²) in [5.41, 5.74) is 1.99. The maximum Gasteiger partial charge on any atom is 0.0794 e. The van der Waals surface area contributed by atoms with E-state index in [9.17, 15) is 5.11 Å². The summed E-state index contributed by atoms with van der Waals surface area (Å²) >= 11 is 1.64. The second-order valence-electron chi connectivity index (χ2n) is 4.55. The average Bonchev–Trinajstić information content (AvgIpc) is 2.76. The van der Waals surface area contributed by atoms with Crippen LogP contribution in [0.5, 0.6) is 0 Å². The molecule has 1 saturated carbocycles. The number of thiazole rings is 1. The van der Waals surface area contributed by atoms with Gasteiger partial charge in [0.2, 0.25) is 0 Å². The van der Waals surface area contributed by atoms with Crippen LogP contribution in [0.25, 0.3) is 0 Å². The van der Waals surface area contributed by atoms with E-state index < -0.39 is 0 Å². The summed E-state index contributed by atoms with van der Waals surface area (Å²) in [6.07, 6.45) is 7.35. The van der Waals surface area contributed by atoms with E-state index in [2.05, 4.69) is 11.9 Å². The summed E-state index contributed by atoms with van der Waals surface area (Å²) < 4.78 is 0. The van der Waals surface area contributed by atoms with Crippen molar-refractivity contribution in [3.8, 4) is 0 Å². The molecule has 1 aliphatic rings. The Morgan fingerprint density at radius 3 is 2.86 bits per heavy atom. The van der Waals surface area contributed by atoms with Gasteiger partial charge in [0.1, 0.15) is 0 Å². The summed E-state index contributed by atoms with van der Waals surface area (Å²) in [4.78, 5) is 5.23. The van der Waals surface area contributed by atoms with Crippen molar-refractivity contribution in [1.29, 1.82) is 0 Å². The summed E-state index contributed by atoms with van der Waals surface area (Å²) in [5, 5.41) is 10.2. The first-order chi connectivity index (χ1) is 6.71. The molecule has 0 radical (unpaired) electrons. The number of rotatable bonds is 3. The first kappa shape index (κ1) is 10.1. The predicted octanol–water partition coefficient (Wildman–Crippen LogP) is 2.63. The Kier molecular flexibility index (Phi) is 2.88. The molecular formula is C11H17NOS. The van der Waals surface area contributed by atoms with Crippen LogP contribution in [0.4, 0.5) is 0 Å². The molecule has 14 heavy (non-hydrogen) atoms. The van der Waals surface area contributed by atoms with Crippen molar-refractivity contribution < 1.29 is 5.11 Å². The van der Waals surface area contributed by atoms with Gasteiger partial charge in [-0.3, -0.25) is 4.98 Å². The number of aliphatic hydroxyl groups excluding tert-OH is 1. The Balaban J connectivity index is 1.98. The van der Waals surface area contributed by atoms with Gasteiger partial charge in [0.15, 0.2) is 0 Å². The van der Waals surface area contributed by atoms with Crippen LogP contribution in [0.15, 0.2) is 11.7 Å². The Morgan fingerprint density at radius 2 is 2.29 bits per heavy atom. The van der Waals surface area contributed by atoms with Gasteiger partial charge in [-0.15, -0.1) is 11.3 Å². The largest absolute Gasteiger partial charge is 0.392 e. The maximum atomic E-state index is 10.2. The zero-order valence-corrected chi connectivity index (χ0v) is 9.39. The maximum absolute atomic E-state index is 10.2. The Morgan fingerprint density at radius 1 is 1.57 bits per heavy atom. The molecule has 0 spiro atoms. The van der Waals surface area contributed by atoms with E-state index in [-0.39, 0.29) is 11.5 Å². The van der Waals surface area contributed by atoms with Crippen molar-refractivity contribution in [2.45, 2.75) is 45.1 Å². The molecule has 2 nitrogen and oxygen atoms in total. The third-order valence-corrected chi connectivity index (χ3v) is 4.23. The lowest BCUT2D eigenvalue weighted by Gasteiger charge is -2.29. The lowest BCUT2D eigenvalue weighted by atomic mass is 9.81. The van der Waals surface area contributed by atoms with Crippen LogP contribution in [0.3, 0.4) is 0 Å². The van der Waals surface area contributed by atoms with Crippen molar-refractivity contribution in [2.24, 2.45) is 5.41 Å². The molecule has 78 valence electrons. The predicted molar refractivity (Wildman–Crippen MR) is 58.4 cm³/mol. The minimum absolute atomic E-state index is 0.157. The van der Waals surface area contributed by atoms with Crippen molar-refractivity contribution in [2.75, 3.05) is 0 Å². The van der Waals surface area contributed by atoms with E-state index in [1.807, 2.05) is 11.7 Å². The normalized spacial score (nSPS) is 22.4. The molecule has 1 N–H and O–H groups in total. The smallest absolute Gasteiger partial charge is 0.0794 e. The summed E-state index contributed by atoms with van der Waals surface area (Å²) in [5.74, 6) is 0. The van der Waals surface area contributed by atoms with Crippen LogP contribution in [-0.4, -0.2) is 16.2 Å². The fraction of sp³-hybridized carbons (Fsp3) is 0.727. The van der Waals surface area contributed by atoms with Gasteiger partial charge in [-0.2, -0.15) is 0 Å². The molecule has 0 aromatic carbocycles. The second-order valence-corrected chi connectivity index (χ2v) is 5.52. The van der Waals surface area contributed by atoms with Crippen molar-refractivity contribution in [1.82, 2.24) is 4.98 Å². The van der Waals surface area contributed by atoms with Gasteiger partial charge in [-0.05, 0) is 18.3 Å². The lowest BCUT2D eigenvalue weighted by Crippen LogP contribution is -2.31. The molecule has 3 heteroatoms. The minimum Gasteiger partial charge on any atom is -0.392 e. The fourth-order valence-corrected chi connectivity index (χ4v) is 2.93. The zero-order valence-electron chi connectivity index (χ0n) is 8.57. The van der Waals surface area contributed by atoms with E-state index in [4.69, 9.17) is 0 Å². The average molecular weight is 211 g/mol. The molecule has 1 aliphatic carbocycles. The molecule has 1 atom stereocenters. The molecule has 1 aromatic heterocycles. The van der Waals surface area contributed by atoms with Gasteiger partial charge in [-0.1, -0.05) is 19.8 Å². The molecule has 0 amide bonds. The SMILES string of the molecule is CC1(C(O)Cc2cncs2)CCCC1. The Bertz CT molecular complexity index is 277. The van der Waals surface area contributed by atoms with Crippen LogP contribution < -0.4 is 0 Å². The van der Waals surface area contributed by atoms with Crippen molar-refractivity contribution in [3.63, 3.8) is 0 Å². The van der Waals surface area contributed by atoms with E-state index in [1.165, 1.54) is 30.6 Å². The van der Waals surface area contributed by atoms with Crippen LogP contribution in [0.2, 0.25) is 0 Å². The number of hydrogen-bond donors (Lipinski definition) is 1. The van der Waals surface area contributed by atoms with E-state index in [1.54, 1.807) is 11.3 Å². The van der Waals surface area contributed by atoms with Crippen LogP contribution in [0, 0.1) is 5.41 Å². The van der Waals surface area contributed by atoms with Crippen LogP contribution in [-0.2, 0) is 6.42 Å². The van der Waals surface area contributed by atoms with E-state index in [0.717, 1.165) is 6.42 Å². The van der Waals surface area contributed by atoms with Gasteiger partial charge in [0, 0.05) is 17.5 Å². The fourth-order valence-electron chi connectivity index (χ4n) is 2.30. The first-order valence-corrected chi connectivity index (χ1v) is 6.14. The monoisotopic (exact) mass is 211 g/mol. The summed E-state index contributed by atoms with van der Waals surface area (Å²) in [7, 11) is 0. The standard InChI is InChI=1S/C11H17NOS/c1-11(4-2-3-5-11)10(13)6-9-7-12-8-14-9/h7-8,10,13H,2-6H2,1H3. The number of hydrogen-bond acceptors (Lipinski definition) is 3. The Hall–Kier alpha value is -0.410. The highest BCUT2D eigenvalue weighted by atomic mass is 32.1. The minimum atomic E-state index is -0.189. The molecule has 1 aromatic rings. The zero-order chi connectivity index (χ0) is 10.0. The van der Waals surface area contributed by atoms with E-state index in [0.29, 0.717) is 0 Å².